The highest BCUT2D eigenvalue weighted by atomic mass is 16.7. The van der Waals surface area contributed by atoms with Crippen LogP contribution in [0.5, 0.6) is 0 Å². The summed E-state index contributed by atoms with van der Waals surface area (Å²) in [5.74, 6) is -1.43. The molecule has 7 heteroatoms. The smallest absolute Gasteiger partial charge is 0.303 e. The lowest BCUT2D eigenvalue weighted by Gasteiger charge is -2.43. The SMILES string of the molecule is C=CCO[C@@H]1OC(CO)[C@@H](OC(C)=O)C(OC(C)=O)[C@@H]1C. The van der Waals surface area contributed by atoms with Crippen molar-refractivity contribution in [1.29, 1.82) is 0 Å². The van der Waals surface area contributed by atoms with Gasteiger partial charge in [0.25, 0.3) is 0 Å². The number of esters is 2. The normalized spacial score (nSPS) is 32.3. The number of rotatable bonds is 6. The topological polar surface area (TPSA) is 91.3 Å². The molecule has 0 radical (unpaired) electrons. The van der Waals surface area contributed by atoms with Crippen LogP contribution < -0.4 is 0 Å². The Bertz CT molecular complexity index is 382. The molecule has 2 unspecified atom stereocenters. The first-order valence-corrected chi connectivity index (χ1v) is 6.74. The predicted molar refractivity (Wildman–Crippen MR) is 72.2 cm³/mol. The summed E-state index contributed by atoms with van der Waals surface area (Å²) in [4.78, 5) is 22.5. The maximum absolute atomic E-state index is 11.3. The van der Waals surface area contributed by atoms with Crippen molar-refractivity contribution in [2.24, 2.45) is 5.92 Å². The first-order valence-electron chi connectivity index (χ1n) is 6.74. The molecule has 0 saturated carbocycles. The van der Waals surface area contributed by atoms with Gasteiger partial charge in [-0.2, -0.15) is 0 Å². The molecule has 7 nitrogen and oxygen atoms in total. The van der Waals surface area contributed by atoms with Crippen molar-refractivity contribution in [1.82, 2.24) is 0 Å². The maximum Gasteiger partial charge on any atom is 0.303 e. The Kier molecular flexibility index (Phi) is 6.80. The maximum atomic E-state index is 11.3. The molecule has 5 atom stereocenters. The van der Waals surface area contributed by atoms with E-state index < -0.39 is 43.1 Å². The minimum atomic E-state index is -0.880. The van der Waals surface area contributed by atoms with Gasteiger partial charge in [-0.05, 0) is 0 Å². The Morgan fingerprint density at radius 3 is 2.29 bits per heavy atom. The second-order valence-electron chi connectivity index (χ2n) is 4.85. The number of hydrogen-bond donors (Lipinski definition) is 1. The van der Waals surface area contributed by atoms with E-state index in [4.69, 9.17) is 18.9 Å². The summed E-state index contributed by atoms with van der Waals surface area (Å²) >= 11 is 0. The Morgan fingerprint density at radius 2 is 1.81 bits per heavy atom. The number of carbonyl (C=O) groups is 2. The average molecular weight is 302 g/mol. The monoisotopic (exact) mass is 302 g/mol. The van der Waals surface area contributed by atoms with E-state index in [1.54, 1.807) is 13.0 Å². The average Bonchev–Trinajstić information content (AvgIpc) is 2.41. The van der Waals surface area contributed by atoms with Crippen molar-refractivity contribution in [3.05, 3.63) is 12.7 Å². The van der Waals surface area contributed by atoms with E-state index in [1.807, 2.05) is 0 Å². The molecule has 0 aromatic rings. The van der Waals surface area contributed by atoms with Crippen LogP contribution in [-0.4, -0.2) is 54.9 Å². The van der Waals surface area contributed by atoms with Crippen molar-refractivity contribution in [3.63, 3.8) is 0 Å². The highest BCUT2D eigenvalue weighted by Crippen LogP contribution is 2.31. The van der Waals surface area contributed by atoms with Crippen LogP contribution in [0.25, 0.3) is 0 Å². The molecule has 0 bridgehead atoms. The van der Waals surface area contributed by atoms with Crippen LogP contribution in [0.4, 0.5) is 0 Å². The Hall–Kier alpha value is -1.44. The molecule has 21 heavy (non-hydrogen) atoms. The van der Waals surface area contributed by atoms with Gasteiger partial charge in [-0.25, -0.2) is 0 Å². The quantitative estimate of drug-likeness (QED) is 0.561. The lowest BCUT2D eigenvalue weighted by atomic mass is 9.92. The molecule has 0 aromatic heterocycles. The summed E-state index contributed by atoms with van der Waals surface area (Å²) in [6.07, 6.45) is -1.61. The van der Waals surface area contributed by atoms with Gasteiger partial charge in [0.15, 0.2) is 12.4 Å². The standard InChI is InChI=1S/C14H22O7/c1-5-6-18-14-8(2)12(19-9(3)16)13(20-10(4)17)11(7-15)21-14/h5,8,11-15H,1,6-7H2,2-4H3/t8-,11?,12?,13+,14+/m0/s1. The van der Waals surface area contributed by atoms with Crippen LogP contribution in [0.1, 0.15) is 20.8 Å². The molecule has 1 aliphatic heterocycles. The Morgan fingerprint density at radius 1 is 1.24 bits per heavy atom. The zero-order valence-corrected chi connectivity index (χ0v) is 12.5. The molecule has 0 amide bonds. The highest BCUT2D eigenvalue weighted by Gasteiger charge is 2.48. The van der Waals surface area contributed by atoms with Crippen molar-refractivity contribution in [3.8, 4) is 0 Å². The van der Waals surface area contributed by atoms with E-state index in [9.17, 15) is 14.7 Å². The summed E-state index contributed by atoms with van der Waals surface area (Å²) in [6, 6.07) is 0. The summed E-state index contributed by atoms with van der Waals surface area (Å²) < 4.78 is 21.4. The molecule has 0 aliphatic carbocycles. The third kappa shape index (κ3) is 4.80. The van der Waals surface area contributed by atoms with Gasteiger partial charge in [0.1, 0.15) is 12.2 Å². The van der Waals surface area contributed by atoms with Crippen LogP contribution in [0, 0.1) is 5.92 Å². The van der Waals surface area contributed by atoms with E-state index in [-0.39, 0.29) is 12.5 Å². The zero-order chi connectivity index (χ0) is 16.0. The summed E-state index contributed by atoms with van der Waals surface area (Å²) in [6.45, 7) is 7.66. The van der Waals surface area contributed by atoms with E-state index in [1.165, 1.54) is 13.8 Å². The van der Waals surface area contributed by atoms with Crippen LogP contribution in [0.2, 0.25) is 0 Å². The number of hydrogen-bond acceptors (Lipinski definition) is 7. The summed E-state index contributed by atoms with van der Waals surface area (Å²) in [5.41, 5.74) is 0. The van der Waals surface area contributed by atoms with E-state index in [2.05, 4.69) is 6.58 Å². The van der Waals surface area contributed by atoms with Crippen LogP contribution >= 0.6 is 0 Å². The first kappa shape index (κ1) is 17.6. The van der Waals surface area contributed by atoms with Crippen LogP contribution in [-0.2, 0) is 28.5 Å². The van der Waals surface area contributed by atoms with E-state index in [0.29, 0.717) is 0 Å². The van der Waals surface area contributed by atoms with Gasteiger partial charge in [0.05, 0.1) is 13.2 Å². The van der Waals surface area contributed by atoms with Gasteiger partial charge in [-0.15, -0.1) is 6.58 Å². The molecule has 1 rings (SSSR count). The third-order valence-electron chi connectivity index (χ3n) is 3.11. The molecular formula is C14H22O7. The summed E-state index contributed by atoms with van der Waals surface area (Å²) in [5, 5.41) is 9.42. The van der Waals surface area contributed by atoms with Gasteiger partial charge in [-0.1, -0.05) is 13.0 Å². The fourth-order valence-electron chi connectivity index (χ4n) is 2.24. The zero-order valence-electron chi connectivity index (χ0n) is 12.5. The first-order chi connectivity index (χ1) is 9.90. The molecular weight excluding hydrogens is 280 g/mol. The predicted octanol–water partition coefficient (Wildman–Crippen LogP) is 0.406. The molecule has 1 N–H and O–H groups in total. The van der Waals surface area contributed by atoms with Gasteiger partial charge in [0, 0.05) is 19.8 Å². The van der Waals surface area contributed by atoms with Gasteiger partial charge in [0.2, 0.25) is 0 Å². The Balaban J connectivity index is 2.95. The molecule has 120 valence electrons. The van der Waals surface area contributed by atoms with E-state index >= 15 is 0 Å². The van der Waals surface area contributed by atoms with Gasteiger partial charge >= 0.3 is 11.9 Å². The number of carbonyl (C=O) groups excluding carboxylic acids is 2. The molecule has 1 heterocycles. The fourth-order valence-corrected chi connectivity index (χ4v) is 2.24. The van der Waals surface area contributed by atoms with Crippen LogP contribution in [0.3, 0.4) is 0 Å². The minimum Gasteiger partial charge on any atom is -0.458 e. The molecule has 1 aliphatic rings. The minimum absolute atomic E-state index is 0.248. The van der Waals surface area contributed by atoms with Gasteiger partial charge in [-0.3, -0.25) is 9.59 Å². The fraction of sp³-hybridized carbons (Fsp3) is 0.714. The van der Waals surface area contributed by atoms with Crippen molar-refractivity contribution in [2.45, 2.75) is 45.4 Å². The van der Waals surface area contributed by atoms with E-state index in [0.717, 1.165) is 0 Å². The highest BCUT2D eigenvalue weighted by molar-refractivity contribution is 5.67. The molecule has 0 spiro atoms. The molecule has 1 saturated heterocycles. The van der Waals surface area contributed by atoms with Gasteiger partial charge < -0.3 is 24.1 Å². The van der Waals surface area contributed by atoms with Crippen molar-refractivity contribution < 1.29 is 33.6 Å². The second-order valence-corrected chi connectivity index (χ2v) is 4.85. The Labute approximate surface area is 123 Å². The third-order valence-corrected chi connectivity index (χ3v) is 3.11. The lowest BCUT2D eigenvalue weighted by Crippen LogP contribution is -2.58. The number of ether oxygens (including phenoxy) is 4. The molecule has 0 aromatic carbocycles. The number of aliphatic hydroxyl groups is 1. The lowest BCUT2D eigenvalue weighted by molar-refractivity contribution is -0.285. The van der Waals surface area contributed by atoms with Crippen LogP contribution in [0.15, 0.2) is 12.7 Å². The van der Waals surface area contributed by atoms with Crippen molar-refractivity contribution in [2.75, 3.05) is 13.2 Å². The molecule has 1 fully saturated rings. The largest absolute Gasteiger partial charge is 0.458 e. The number of aliphatic hydroxyl groups excluding tert-OH is 1. The van der Waals surface area contributed by atoms with Crippen molar-refractivity contribution >= 4 is 11.9 Å². The second kappa shape index (κ2) is 8.11. The summed E-state index contributed by atoms with van der Waals surface area (Å²) in [7, 11) is 0.